The molecule has 0 spiro atoms. The van der Waals surface area contributed by atoms with Crippen LogP contribution in [0.4, 0.5) is 0 Å². The Morgan fingerprint density at radius 3 is 2.50 bits per heavy atom. The number of ketones is 2. The van der Waals surface area contributed by atoms with Gasteiger partial charge in [0.1, 0.15) is 5.60 Å². The van der Waals surface area contributed by atoms with E-state index in [-0.39, 0.29) is 22.9 Å². The van der Waals surface area contributed by atoms with Gasteiger partial charge in [-0.2, -0.15) is 0 Å². The molecule has 32 heavy (non-hydrogen) atoms. The highest BCUT2D eigenvalue weighted by Gasteiger charge is 2.61. The van der Waals surface area contributed by atoms with Crippen molar-refractivity contribution in [3.8, 4) is 11.8 Å². The summed E-state index contributed by atoms with van der Waals surface area (Å²) in [4.78, 5) is 24.0. The number of rotatable bonds is 2. The largest absolute Gasteiger partial charge is 0.376 e. The SMILES string of the molecule is CC#C[C@]1(O)CC=C2[C@@H]3CCC4=CC(=O)CC[C@@H]4[C@H]3[C@@H](c3ccc(C(C)=O)cc3)C[C@@]21C. The number of allylic oxidation sites excluding steroid dienone is 2. The average Bonchev–Trinajstić information content (AvgIpc) is 3.03. The molecular weight excluding hydrogens is 396 g/mol. The van der Waals surface area contributed by atoms with Gasteiger partial charge in [-0.15, -0.1) is 5.92 Å². The Morgan fingerprint density at radius 1 is 1.09 bits per heavy atom. The first kappa shape index (κ1) is 21.4. The fourth-order valence-corrected chi connectivity index (χ4v) is 7.36. The van der Waals surface area contributed by atoms with Crippen molar-refractivity contribution in [1.82, 2.24) is 0 Å². The lowest BCUT2D eigenvalue weighted by atomic mass is 9.48. The summed E-state index contributed by atoms with van der Waals surface area (Å²) in [7, 11) is 0. The fraction of sp³-hybridized carbons (Fsp3) is 0.517. The van der Waals surface area contributed by atoms with E-state index in [0.717, 1.165) is 31.2 Å². The summed E-state index contributed by atoms with van der Waals surface area (Å²) in [6, 6.07) is 8.11. The number of hydrogen-bond donors (Lipinski definition) is 1. The van der Waals surface area contributed by atoms with Crippen molar-refractivity contribution in [2.75, 3.05) is 0 Å². The molecule has 0 amide bonds. The molecule has 2 fully saturated rings. The van der Waals surface area contributed by atoms with Gasteiger partial charge in [0.2, 0.25) is 0 Å². The Labute approximate surface area is 191 Å². The van der Waals surface area contributed by atoms with Crippen molar-refractivity contribution in [2.45, 2.75) is 70.8 Å². The third kappa shape index (κ3) is 3.07. The van der Waals surface area contributed by atoms with Gasteiger partial charge in [0.05, 0.1) is 0 Å². The molecular formula is C29H32O3. The van der Waals surface area contributed by atoms with Crippen LogP contribution in [-0.4, -0.2) is 22.3 Å². The lowest BCUT2D eigenvalue weighted by molar-refractivity contribution is -0.115. The molecule has 0 unspecified atom stereocenters. The van der Waals surface area contributed by atoms with Crippen molar-refractivity contribution < 1.29 is 14.7 Å². The molecule has 0 aromatic heterocycles. The molecule has 4 aliphatic carbocycles. The van der Waals surface area contributed by atoms with Crippen LogP contribution in [0.2, 0.25) is 0 Å². The minimum atomic E-state index is -1.03. The molecule has 6 atom stereocenters. The smallest absolute Gasteiger partial charge is 0.159 e. The quantitative estimate of drug-likeness (QED) is 0.390. The Hall–Kier alpha value is -2.44. The van der Waals surface area contributed by atoms with Gasteiger partial charge in [0.15, 0.2) is 11.6 Å². The van der Waals surface area contributed by atoms with Gasteiger partial charge < -0.3 is 5.11 Å². The van der Waals surface area contributed by atoms with E-state index in [1.807, 2.05) is 18.2 Å². The second-order valence-electron chi connectivity index (χ2n) is 10.5. The second-order valence-corrected chi connectivity index (χ2v) is 10.5. The molecule has 0 bridgehead atoms. The van der Waals surface area contributed by atoms with Gasteiger partial charge in [0.25, 0.3) is 0 Å². The molecule has 1 N–H and O–H groups in total. The van der Waals surface area contributed by atoms with Crippen molar-refractivity contribution in [3.63, 3.8) is 0 Å². The van der Waals surface area contributed by atoms with Gasteiger partial charge in [-0.05, 0) is 74.8 Å². The molecule has 2 saturated carbocycles. The van der Waals surface area contributed by atoms with Crippen molar-refractivity contribution in [2.24, 2.45) is 23.2 Å². The Bertz CT molecular complexity index is 1100. The minimum Gasteiger partial charge on any atom is -0.376 e. The molecule has 166 valence electrons. The second kappa shape index (κ2) is 7.56. The molecule has 0 aliphatic heterocycles. The van der Waals surface area contributed by atoms with Crippen molar-refractivity contribution >= 4 is 11.6 Å². The number of aliphatic hydroxyl groups is 1. The highest BCUT2D eigenvalue weighted by molar-refractivity contribution is 5.94. The van der Waals surface area contributed by atoms with Gasteiger partial charge in [0, 0.05) is 23.8 Å². The van der Waals surface area contributed by atoms with E-state index >= 15 is 0 Å². The maximum Gasteiger partial charge on any atom is 0.159 e. The maximum atomic E-state index is 12.2. The van der Waals surface area contributed by atoms with Crippen LogP contribution in [0.5, 0.6) is 0 Å². The molecule has 3 heteroatoms. The minimum absolute atomic E-state index is 0.0762. The summed E-state index contributed by atoms with van der Waals surface area (Å²) in [6.07, 6.45) is 9.19. The van der Waals surface area contributed by atoms with E-state index in [1.165, 1.54) is 16.7 Å². The number of carbonyl (C=O) groups excluding carboxylic acids is 2. The van der Waals surface area contributed by atoms with Crippen LogP contribution in [0.1, 0.15) is 81.1 Å². The highest BCUT2D eigenvalue weighted by Crippen LogP contribution is 2.66. The van der Waals surface area contributed by atoms with E-state index < -0.39 is 5.60 Å². The molecule has 0 saturated heterocycles. The molecule has 4 aliphatic rings. The zero-order valence-corrected chi connectivity index (χ0v) is 19.3. The van der Waals surface area contributed by atoms with E-state index in [9.17, 15) is 14.7 Å². The zero-order chi connectivity index (χ0) is 22.7. The monoisotopic (exact) mass is 428 g/mol. The van der Waals surface area contributed by atoms with Gasteiger partial charge >= 0.3 is 0 Å². The predicted octanol–water partition coefficient (Wildman–Crippen LogP) is 5.40. The fourth-order valence-electron chi connectivity index (χ4n) is 7.36. The van der Waals surface area contributed by atoms with E-state index in [1.54, 1.807) is 13.8 Å². The number of fused-ring (bicyclic) bond motifs is 5. The van der Waals surface area contributed by atoms with Crippen LogP contribution < -0.4 is 0 Å². The van der Waals surface area contributed by atoms with Crippen molar-refractivity contribution in [3.05, 3.63) is 58.7 Å². The molecule has 5 rings (SSSR count). The first-order valence-corrected chi connectivity index (χ1v) is 12.0. The van der Waals surface area contributed by atoms with E-state index in [0.29, 0.717) is 30.6 Å². The number of benzene rings is 1. The molecule has 0 radical (unpaired) electrons. The van der Waals surface area contributed by atoms with Gasteiger partial charge in [-0.25, -0.2) is 0 Å². The summed E-state index contributed by atoms with van der Waals surface area (Å²) in [6.45, 7) is 5.61. The number of Topliss-reactive ketones (excluding diaryl/α,β-unsaturated/α-hetero) is 1. The van der Waals surface area contributed by atoms with Crippen LogP contribution in [-0.2, 0) is 4.79 Å². The maximum absolute atomic E-state index is 12.2. The highest BCUT2D eigenvalue weighted by atomic mass is 16.3. The summed E-state index contributed by atoms with van der Waals surface area (Å²) in [5.74, 6) is 7.99. The van der Waals surface area contributed by atoms with Crippen LogP contribution >= 0.6 is 0 Å². The molecule has 1 aromatic rings. The summed E-state index contributed by atoms with van der Waals surface area (Å²) < 4.78 is 0. The van der Waals surface area contributed by atoms with E-state index in [2.05, 4.69) is 37.0 Å². The number of carbonyl (C=O) groups is 2. The average molecular weight is 429 g/mol. The summed E-state index contributed by atoms with van der Waals surface area (Å²) in [5, 5.41) is 11.7. The Balaban J connectivity index is 1.62. The normalized spacial score (nSPS) is 37.8. The van der Waals surface area contributed by atoms with Crippen LogP contribution in [0.15, 0.2) is 47.6 Å². The van der Waals surface area contributed by atoms with Crippen LogP contribution in [0, 0.1) is 35.0 Å². The lowest BCUT2D eigenvalue weighted by Crippen LogP contribution is -2.52. The summed E-state index contributed by atoms with van der Waals surface area (Å²) in [5.41, 5.74) is 3.28. The predicted molar refractivity (Wildman–Crippen MR) is 125 cm³/mol. The Kier molecular flexibility index (Phi) is 5.06. The van der Waals surface area contributed by atoms with Gasteiger partial charge in [-0.3, -0.25) is 9.59 Å². The van der Waals surface area contributed by atoms with Crippen molar-refractivity contribution in [1.29, 1.82) is 0 Å². The standard InChI is InChI=1S/C29H32O3/c1-4-14-29(32)15-13-26-24-11-9-21-16-22(31)10-12-23(21)27(24)25(17-28(26,29)3)20-7-5-19(6-8-20)18(2)30/h5-8,13,16,23-25,27,32H,9-12,15,17H2,1-3H3/t23-,24-,25+,27+,28-,29-/m0/s1. The summed E-state index contributed by atoms with van der Waals surface area (Å²) >= 11 is 0. The lowest BCUT2D eigenvalue weighted by Gasteiger charge is -2.56. The van der Waals surface area contributed by atoms with Crippen LogP contribution in [0.3, 0.4) is 0 Å². The number of hydrogen-bond acceptors (Lipinski definition) is 3. The van der Waals surface area contributed by atoms with Crippen LogP contribution in [0.25, 0.3) is 0 Å². The third-order valence-electron chi connectivity index (χ3n) is 8.93. The van der Waals surface area contributed by atoms with E-state index in [4.69, 9.17) is 0 Å². The molecule has 0 heterocycles. The third-order valence-corrected chi connectivity index (χ3v) is 8.93. The van der Waals surface area contributed by atoms with Gasteiger partial charge in [-0.1, -0.05) is 54.3 Å². The first-order chi connectivity index (χ1) is 15.3. The topological polar surface area (TPSA) is 54.4 Å². The zero-order valence-electron chi connectivity index (χ0n) is 19.3. The Morgan fingerprint density at radius 2 is 1.81 bits per heavy atom. The molecule has 1 aromatic carbocycles. The first-order valence-electron chi connectivity index (χ1n) is 12.0. The molecule has 3 nitrogen and oxygen atoms in total.